The van der Waals surface area contributed by atoms with Crippen LogP contribution in [-0.4, -0.2) is 29.5 Å². The molecule has 0 aliphatic heterocycles. The van der Waals surface area contributed by atoms with E-state index < -0.39 is 28.2 Å². The highest BCUT2D eigenvalue weighted by atomic mass is 32.2. The molecule has 2 heterocycles. The van der Waals surface area contributed by atoms with E-state index in [9.17, 15) is 22.2 Å². The minimum Gasteiger partial charge on any atom is -0.290 e. The third-order valence-corrected chi connectivity index (χ3v) is 5.11. The first-order valence-corrected chi connectivity index (χ1v) is 9.11. The fourth-order valence-electron chi connectivity index (χ4n) is 2.45. The van der Waals surface area contributed by atoms with Crippen LogP contribution in [0.25, 0.3) is 11.2 Å². The number of halogens is 3. The molecule has 1 N–H and O–H groups in total. The summed E-state index contributed by atoms with van der Waals surface area (Å²) in [4.78, 5) is 22.9. The lowest BCUT2D eigenvalue weighted by Crippen LogP contribution is -2.17. The summed E-state index contributed by atoms with van der Waals surface area (Å²) in [7, 11) is -1.35. The number of alkyl halides is 3. The highest BCUT2D eigenvalue weighted by Gasteiger charge is 2.29. The molecule has 1 aromatic carbocycles. The number of H-pyrrole nitrogens is 1. The van der Waals surface area contributed by atoms with E-state index in [-0.39, 0.29) is 17.3 Å². The Morgan fingerprint density at radius 2 is 1.92 bits per heavy atom. The molecular weight excluding hydrogens is 369 g/mol. The van der Waals surface area contributed by atoms with E-state index in [1.807, 2.05) is 6.92 Å². The van der Waals surface area contributed by atoms with Crippen molar-refractivity contribution in [2.75, 3.05) is 5.75 Å². The average Bonchev–Trinajstić information content (AvgIpc) is 2.89. The van der Waals surface area contributed by atoms with Gasteiger partial charge < -0.3 is 0 Å². The molecule has 1 unspecified atom stereocenters. The van der Waals surface area contributed by atoms with Crippen LogP contribution in [0.4, 0.5) is 13.2 Å². The summed E-state index contributed by atoms with van der Waals surface area (Å²) in [5.41, 5.74) is -0.0466. The average molecular weight is 384 g/mol. The molecule has 0 saturated heterocycles. The first kappa shape index (κ1) is 18.3. The number of hydrogen-bond donors (Lipinski definition) is 1. The van der Waals surface area contributed by atoms with Gasteiger partial charge in [-0.3, -0.25) is 13.8 Å². The molecule has 10 heteroatoms. The van der Waals surface area contributed by atoms with E-state index in [0.29, 0.717) is 23.3 Å². The number of nitrogens with one attached hydrogen (secondary N) is 1. The van der Waals surface area contributed by atoms with Crippen LogP contribution in [-0.2, 0) is 23.5 Å². The van der Waals surface area contributed by atoms with Gasteiger partial charge in [0.05, 0.1) is 29.1 Å². The van der Waals surface area contributed by atoms with E-state index >= 15 is 0 Å². The van der Waals surface area contributed by atoms with Gasteiger partial charge in [-0.15, -0.1) is 0 Å². The highest BCUT2D eigenvalue weighted by Crippen LogP contribution is 2.29. The number of hydrogen-bond acceptors (Lipinski definition) is 4. The van der Waals surface area contributed by atoms with E-state index in [1.165, 1.54) is 22.9 Å². The maximum absolute atomic E-state index is 12.6. The Balaban J connectivity index is 1.92. The lowest BCUT2D eigenvalue weighted by atomic mass is 10.1. The van der Waals surface area contributed by atoms with Crippen molar-refractivity contribution in [1.82, 2.24) is 19.5 Å². The van der Waals surface area contributed by atoms with Crippen molar-refractivity contribution in [1.29, 1.82) is 0 Å². The number of aromatic nitrogens is 4. The monoisotopic (exact) mass is 384 g/mol. The van der Waals surface area contributed by atoms with Crippen LogP contribution >= 0.6 is 0 Å². The van der Waals surface area contributed by atoms with Crippen molar-refractivity contribution < 1.29 is 17.4 Å². The molecule has 2 aromatic heterocycles. The molecule has 3 aromatic rings. The van der Waals surface area contributed by atoms with Crippen LogP contribution < -0.4 is 5.69 Å². The van der Waals surface area contributed by atoms with Crippen molar-refractivity contribution in [2.24, 2.45) is 0 Å². The van der Waals surface area contributed by atoms with Gasteiger partial charge in [-0.2, -0.15) is 13.2 Å². The molecule has 6 nitrogen and oxygen atoms in total. The summed E-state index contributed by atoms with van der Waals surface area (Å²) >= 11 is 0. The number of rotatable bonds is 5. The number of fused-ring (bicyclic) bond motifs is 1. The summed E-state index contributed by atoms with van der Waals surface area (Å²) in [6.45, 7) is 1.95. The number of imidazole rings is 1. The second-order valence-electron chi connectivity index (χ2n) is 5.65. The molecule has 0 aliphatic carbocycles. The van der Waals surface area contributed by atoms with Gasteiger partial charge in [0.1, 0.15) is 5.52 Å². The predicted octanol–water partition coefficient (Wildman–Crippen LogP) is 2.70. The Labute approximate surface area is 148 Å². The Bertz CT molecular complexity index is 1010. The maximum atomic E-state index is 12.6. The van der Waals surface area contributed by atoms with E-state index in [2.05, 4.69) is 15.0 Å². The topological polar surface area (TPSA) is 80.6 Å². The summed E-state index contributed by atoms with van der Waals surface area (Å²) in [5.74, 6) is 0.419. The molecule has 0 radical (unpaired) electrons. The van der Waals surface area contributed by atoms with Crippen LogP contribution in [0.1, 0.15) is 24.5 Å². The summed E-state index contributed by atoms with van der Waals surface area (Å²) in [6.07, 6.45) is -2.30. The third-order valence-electron chi connectivity index (χ3n) is 3.72. The second-order valence-corrected chi connectivity index (χ2v) is 7.11. The van der Waals surface area contributed by atoms with Gasteiger partial charge in [0.15, 0.2) is 5.65 Å². The SMILES string of the molecule is CCCS(=O)c1ncc2c(n1)[nH]c(=O)n2Cc1ccc(C(F)(F)F)cc1. The summed E-state index contributed by atoms with van der Waals surface area (Å²) in [6, 6.07) is 4.58. The van der Waals surface area contributed by atoms with Crippen LogP contribution in [0.5, 0.6) is 0 Å². The van der Waals surface area contributed by atoms with Crippen LogP contribution in [0, 0.1) is 0 Å². The van der Waals surface area contributed by atoms with Gasteiger partial charge in [0.25, 0.3) is 0 Å². The van der Waals surface area contributed by atoms with Gasteiger partial charge in [0, 0.05) is 5.75 Å². The number of benzene rings is 1. The van der Waals surface area contributed by atoms with Gasteiger partial charge in [-0.25, -0.2) is 14.8 Å². The summed E-state index contributed by atoms with van der Waals surface area (Å²) in [5, 5.41) is 0.141. The zero-order chi connectivity index (χ0) is 18.9. The maximum Gasteiger partial charge on any atom is 0.416 e. The van der Waals surface area contributed by atoms with E-state index in [4.69, 9.17) is 0 Å². The van der Waals surface area contributed by atoms with E-state index in [0.717, 1.165) is 12.1 Å². The largest absolute Gasteiger partial charge is 0.416 e. The molecule has 138 valence electrons. The standard InChI is InChI=1S/C16H15F3N4O2S/c1-2-7-26(25)14-20-8-12-13(21-14)22-15(24)23(12)9-10-3-5-11(6-4-10)16(17,18)19/h3-6,8H,2,7,9H2,1H3,(H,20,21,22,24). The van der Waals surface area contributed by atoms with E-state index in [1.54, 1.807) is 0 Å². The molecule has 1 atom stereocenters. The number of aromatic amines is 1. The fourth-order valence-corrected chi connectivity index (χ4v) is 3.37. The normalized spacial score (nSPS) is 13.2. The Morgan fingerprint density at radius 1 is 1.23 bits per heavy atom. The Kier molecular flexibility index (Phi) is 4.94. The molecular formula is C16H15F3N4O2S. The van der Waals surface area contributed by atoms with Gasteiger partial charge in [-0.05, 0) is 24.1 Å². The molecule has 0 spiro atoms. The predicted molar refractivity (Wildman–Crippen MR) is 90.3 cm³/mol. The van der Waals surface area contributed by atoms with Crippen LogP contribution in [0.2, 0.25) is 0 Å². The lowest BCUT2D eigenvalue weighted by Gasteiger charge is -2.08. The minimum atomic E-state index is -4.41. The second kappa shape index (κ2) is 7.02. The first-order valence-electron chi connectivity index (χ1n) is 7.79. The molecule has 0 aliphatic rings. The highest BCUT2D eigenvalue weighted by molar-refractivity contribution is 7.84. The van der Waals surface area contributed by atoms with Gasteiger partial charge >= 0.3 is 11.9 Å². The smallest absolute Gasteiger partial charge is 0.290 e. The molecule has 0 fully saturated rings. The molecule has 0 amide bonds. The number of nitrogens with zero attached hydrogens (tertiary/aromatic N) is 3. The van der Waals surface area contributed by atoms with Crippen molar-refractivity contribution >= 4 is 22.0 Å². The first-order chi connectivity index (χ1) is 12.3. The van der Waals surface area contributed by atoms with Gasteiger partial charge in [-0.1, -0.05) is 19.1 Å². The zero-order valence-corrected chi connectivity index (χ0v) is 14.5. The third kappa shape index (κ3) is 3.69. The lowest BCUT2D eigenvalue weighted by molar-refractivity contribution is -0.137. The quantitative estimate of drug-likeness (QED) is 0.686. The van der Waals surface area contributed by atoms with Crippen LogP contribution in [0.15, 0.2) is 40.4 Å². The van der Waals surface area contributed by atoms with Crippen molar-refractivity contribution in [3.8, 4) is 0 Å². The molecule has 0 saturated carbocycles. The Morgan fingerprint density at radius 3 is 2.54 bits per heavy atom. The Hall–Kier alpha value is -2.49. The zero-order valence-electron chi connectivity index (χ0n) is 13.7. The van der Waals surface area contributed by atoms with Crippen molar-refractivity contribution in [3.63, 3.8) is 0 Å². The fraction of sp³-hybridized carbons (Fsp3) is 0.312. The van der Waals surface area contributed by atoms with Gasteiger partial charge in [0.2, 0.25) is 5.16 Å². The van der Waals surface area contributed by atoms with Crippen LogP contribution in [0.3, 0.4) is 0 Å². The molecule has 0 bridgehead atoms. The summed E-state index contributed by atoms with van der Waals surface area (Å²) < 4.78 is 51.2. The molecule has 26 heavy (non-hydrogen) atoms. The van der Waals surface area contributed by atoms with Crippen molar-refractivity contribution in [2.45, 2.75) is 31.2 Å². The van der Waals surface area contributed by atoms with Crippen molar-refractivity contribution in [3.05, 3.63) is 52.1 Å². The minimum absolute atomic E-state index is 0.0672. The molecule has 3 rings (SSSR count).